The Labute approximate surface area is 341 Å². The molecule has 2 N–H and O–H groups in total. The summed E-state index contributed by atoms with van der Waals surface area (Å²) in [5.41, 5.74) is 11.6. The van der Waals surface area contributed by atoms with Crippen molar-refractivity contribution < 1.29 is 35.1 Å². The molecule has 0 aliphatic rings. The molecule has 0 fully saturated rings. The third kappa shape index (κ3) is 9.01. The zero-order valence-electron chi connectivity index (χ0n) is 32.5. The van der Waals surface area contributed by atoms with Crippen LogP contribution in [0.1, 0.15) is 39.5 Å². The first-order chi connectivity index (χ1) is 27.9. The summed E-state index contributed by atoms with van der Waals surface area (Å²) >= 11 is 0. The van der Waals surface area contributed by atoms with Crippen LogP contribution < -0.4 is 9.13 Å². The third-order valence-corrected chi connectivity index (χ3v) is 12.1. The summed E-state index contributed by atoms with van der Waals surface area (Å²) in [6.45, 7) is 5.82. The predicted molar refractivity (Wildman–Crippen MR) is 229 cm³/mol. The van der Waals surface area contributed by atoms with E-state index in [9.17, 15) is 25.9 Å². The molecule has 8 nitrogen and oxygen atoms in total. The lowest BCUT2D eigenvalue weighted by atomic mass is 9.95. The largest absolute Gasteiger partial charge is 0.294 e. The van der Waals surface area contributed by atoms with Gasteiger partial charge in [-0.15, -0.1) is 0 Å². The second-order valence-electron chi connectivity index (χ2n) is 14.3. The lowest BCUT2D eigenvalue weighted by Crippen LogP contribution is -2.39. The van der Waals surface area contributed by atoms with Gasteiger partial charge in [0.15, 0.2) is 0 Å². The summed E-state index contributed by atoms with van der Waals surface area (Å²) in [6.07, 6.45) is 3.88. The van der Waals surface area contributed by atoms with Gasteiger partial charge in [0.05, 0.1) is 9.79 Å². The van der Waals surface area contributed by atoms with Gasteiger partial charge in [0.25, 0.3) is 20.2 Å². The average molecular weight is 811 g/mol. The maximum Gasteiger partial charge on any atom is 0.294 e. The molecule has 10 heteroatoms. The van der Waals surface area contributed by atoms with Crippen molar-refractivity contribution in [3.63, 3.8) is 0 Å². The molecule has 0 unspecified atom stereocenters. The molecule has 0 saturated heterocycles. The summed E-state index contributed by atoms with van der Waals surface area (Å²) in [4.78, 5) is -0.311. The van der Waals surface area contributed by atoms with Crippen LogP contribution in [0.15, 0.2) is 168 Å². The van der Waals surface area contributed by atoms with Crippen LogP contribution in [-0.4, -0.2) is 25.9 Å². The highest BCUT2D eigenvalue weighted by atomic mass is 32.2. The molecule has 0 aliphatic heterocycles. The van der Waals surface area contributed by atoms with E-state index >= 15 is 0 Å². The standard InChI is InChI=1S/C48H44N2O6S2/c1-3-5-29-49-45(37-13-9-7-10-14-37)31-41(33-47(49)39-21-25-43(26-22-39)57(51,52)53)35-17-19-36(20-18-35)42-32-46(38-15-11-8-12-16-38)50(30-6-4-2)48(34-42)40-23-27-44(28-24-40)58(54,55)56/h7-28,31-34H,3-6,29-30H2,1-2H3/p+2. The SMILES string of the molecule is CCCC[n+]1c(-c2ccccc2)cc(-c2ccc(-c3cc(-c4ccccc4)[n+](CCCC)c(-c4ccc(S(=O)(=O)O)cc4)c3)cc2)cc1-c1ccc(S(=O)(=O)O)cc1. The molecule has 0 amide bonds. The van der Waals surface area contributed by atoms with E-state index in [1.165, 1.54) is 24.3 Å². The minimum absolute atomic E-state index is 0.156. The van der Waals surface area contributed by atoms with Crippen molar-refractivity contribution in [2.45, 2.75) is 62.4 Å². The number of unbranched alkanes of at least 4 members (excludes halogenated alkanes) is 2. The van der Waals surface area contributed by atoms with Gasteiger partial charge in [-0.1, -0.05) is 87.4 Å². The second kappa shape index (κ2) is 17.4. The van der Waals surface area contributed by atoms with E-state index in [0.29, 0.717) is 0 Å². The molecule has 0 aliphatic carbocycles. The zero-order chi connectivity index (χ0) is 40.9. The molecule has 2 aromatic heterocycles. The van der Waals surface area contributed by atoms with Crippen LogP contribution in [0.3, 0.4) is 0 Å². The summed E-state index contributed by atoms with van der Waals surface area (Å²) in [6, 6.07) is 50.3. The topological polar surface area (TPSA) is 116 Å². The van der Waals surface area contributed by atoms with Gasteiger partial charge in [0, 0.05) is 59.4 Å². The monoisotopic (exact) mass is 810 g/mol. The van der Waals surface area contributed by atoms with E-state index in [2.05, 4.69) is 95.8 Å². The first kappa shape index (κ1) is 40.4. The Kier molecular flexibility index (Phi) is 12.1. The first-order valence-corrected chi connectivity index (χ1v) is 22.4. The maximum absolute atomic E-state index is 11.9. The molecule has 0 radical (unpaired) electrons. The van der Waals surface area contributed by atoms with Crippen LogP contribution in [0.2, 0.25) is 0 Å². The predicted octanol–water partition coefficient (Wildman–Crippen LogP) is 10.4. The van der Waals surface area contributed by atoms with Crippen molar-refractivity contribution in [3.05, 3.63) is 158 Å². The van der Waals surface area contributed by atoms with Gasteiger partial charge in [0.1, 0.15) is 13.1 Å². The van der Waals surface area contributed by atoms with Crippen LogP contribution in [-0.2, 0) is 33.3 Å². The molecule has 7 rings (SSSR count). The smallest absolute Gasteiger partial charge is 0.282 e. The minimum atomic E-state index is -4.35. The Morgan fingerprint density at radius 2 is 0.655 bits per heavy atom. The fourth-order valence-electron chi connectivity index (χ4n) is 7.32. The molecule has 2 heterocycles. The van der Waals surface area contributed by atoms with Crippen LogP contribution in [0.25, 0.3) is 67.3 Å². The number of hydrogen-bond acceptors (Lipinski definition) is 4. The van der Waals surface area contributed by atoms with E-state index in [0.717, 1.165) is 106 Å². The van der Waals surface area contributed by atoms with Gasteiger partial charge < -0.3 is 0 Å². The van der Waals surface area contributed by atoms with E-state index in [1.807, 2.05) is 36.4 Å². The van der Waals surface area contributed by atoms with Gasteiger partial charge in [0.2, 0.25) is 22.8 Å². The molecule has 294 valence electrons. The minimum Gasteiger partial charge on any atom is -0.282 e. The van der Waals surface area contributed by atoms with Crippen molar-refractivity contribution in [3.8, 4) is 67.3 Å². The zero-order valence-corrected chi connectivity index (χ0v) is 34.1. The van der Waals surface area contributed by atoms with E-state index in [4.69, 9.17) is 0 Å². The Bertz CT molecular complexity index is 2560. The van der Waals surface area contributed by atoms with Crippen LogP contribution >= 0.6 is 0 Å². The Hall–Kier alpha value is -5.78. The number of aromatic nitrogens is 2. The number of nitrogens with zero attached hydrogens (tertiary/aromatic N) is 2. The highest BCUT2D eigenvalue weighted by molar-refractivity contribution is 7.86. The van der Waals surface area contributed by atoms with Crippen LogP contribution in [0, 0.1) is 0 Å². The molecule has 58 heavy (non-hydrogen) atoms. The van der Waals surface area contributed by atoms with Crippen LogP contribution in [0.4, 0.5) is 0 Å². The number of hydrogen-bond donors (Lipinski definition) is 2. The number of benzene rings is 5. The third-order valence-electron chi connectivity index (χ3n) is 10.4. The van der Waals surface area contributed by atoms with Gasteiger partial charge >= 0.3 is 0 Å². The molecule has 5 aromatic carbocycles. The van der Waals surface area contributed by atoms with Crippen molar-refractivity contribution >= 4 is 20.2 Å². The molecule has 0 saturated carbocycles. The molecule has 0 spiro atoms. The average Bonchev–Trinajstić information content (AvgIpc) is 3.24. The summed E-state index contributed by atoms with van der Waals surface area (Å²) in [7, 11) is -8.69. The van der Waals surface area contributed by atoms with Gasteiger partial charge in [-0.3, -0.25) is 9.11 Å². The Morgan fingerprint density at radius 3 is 0.931 bits per heavy atom. The summed E-state index contributed by atoms with van der Waals surface area (Å²) in [5.74, 6) is 0. The molecule has 0 bridgehead atoms. The summed E-state index contributed by atoms with van der Waals surface area (Å²) < 4.78 is 71.5. The second-order valence-corrected chi connectivity index (χ2v) is 17.2. The van der Waals surface area contributed by atoms with Gasteiger partial charge in [-0.25, -0.2) is 0 Å². The number of pyridine rings is 2. The van der Waals surface area contributed by atoms with Gasteiger partial charge in [-0.2, -0.15) is 26.0 Å². The highest BCUT2D eigenvalue weighted by Crippen LogP contribution is 2.34. The lowest BCUT2D eigenvalue weighted by Gasteiger charge is -2.14. The molecule has 0 atom stereocenters. The Morgan fingerprint density at radius 1 is 0.379 bits per heavy atom. The first-order valence-electron chi connectivity index (χ1n) is 19.5. The fraction of sp³-hybridized carbons (Fsp3) is 0.167. The molecule has 7 aromatic rings. The van der Waals surface area contributed by atoms with E-state index in [1.54, 1.807) is 24.3 Å². The van der Waals surface area contributed by atoms with Gasteiger partial charge in [-0.05, 0) is 95.1 Å². The number of rotatable bonds is 14. The van der Waals surface area contributed by atoms with Crippen molar-refractivity contribution in [2.24, 2.45) is 0 Å². The molecular weight excluding hydrogens is 765 g/mol. The lowest BCUT2D eigenvalue weighted by molar-refractivity contribution is -0.676. The quantitative estimate of drug-likeness (QED) is 0.0835. The van der Waals surface area contributed by atoms with Crippen molar-refractivity contribution in [1.82, 2.24) is 0 Å². The molecular formula is C48H46N2O6S2+2. The van der Waals surface area contributed by atoms with E-state index in [-0.39, 0.29) is 9.79 Å². The normalized spacial score (nSPS) is 11.8. The van der Waals surface area contributed by atoms with Crippen molar-refractivity contribution in [1.29, 1.82) is 0 Å². The highest BCUT2D eigenvalue weighted by Gasteiger charge is 2.25. The van der Waals surface area contributed by atoms with Crippen LogP contribution in [0.5, 0.6) is 0 Å². The maximum atomic E-state index is 11.9. The summed E-state index contributed by atoms with van der Waals surface area (Å²) in [5, 5.41) is 0. The fourth-order valence-corrected chi connectivity index (χ4v) is 8.28. The Balaban J connectivity index is 1.38. The van der Waals surface area contributed by atoms with Crippen molar-refractivity contribution in [2.75, 3.05) is 0 Å². The van der Waals surface area contributed by atoms with E-state index < -0.39 is 20.2 Å².